The van der Waals surface area contributed by atoms with Gasteiger partial charge in [-0.05, 0) is 59.5 Å². The fourth-order valence-corrected chi connectivity index (χ4v) is 2.99. The molecule has 26 heavy (non-hydrogen) atoms. The molecule has 1 aromatic heterocycles. The van der Waals surface area contributed by atoms with Crippen molar-refractivity contribution >= 4 is 21.6 Å². The summed E-state index contributed by atoms with van der Waals surface area (Å²) in [6.45, 7) is 5.73. The molecule has 6 nitrogen and oxygen atoms in total. The van der Waals surface area contributed by atoms with E-state index in [1.165, 1.54) is 4.68 Å². The first-order valence-electron chi connectivity index (χ1n) is 8.76. The van der Waals surface area contributed by atoms with Crippen LogP contribution in [0.4, 0.5) is 5.69 Å². The number of rotatable bonds is 9. The minimum Gasteiger partial charge on any atom is -0.493 e. The summed E-state index contributed by atoms with van der Waals surface area (Å²) in [5.41, 5.74) is 2.26. The molecule has 0 aliphatic rings. The van der Waals surface area contributed by atoms with E-state index in [0.29, 0.717) is 35.4 Å². The van der Waals surface area contributed by atoms with Crippen molar-refractivity contribution < 1.29 is 4.74 Å². The number of ether oxygens (including phenoxy) is 1. The van der Waals surface area contributed by atoms with Crippen LogP contribution in [-0.4, -0.2) is 22.9 Å². The predicted molar refractivity (Wildman–Crippen MR) is 106 cm³/mol. The van der Waals surface area contributed by atoms with Crippen LogP contribution in [0.1, 0.15) is 37.8 Å². The van der Waals surface area contributed by atoms with Gasteiger partial charge in [-0.25, -0.2) is 4.68 Å². The van der Waals surface area contributed by atoms with Gasteiger partial charge >= 0.3 is 0 Å². The largest absolute Gasteiger partial charge is 0.493 e. The van der Waals surface area contributed by atoms with Crippen LogP contribution in [0.3, 0.4) is 0 Å². The van der Waals surface area contributed by atoms with E-state index in [0.717, 1.165) is 30.6 Å². The topological polar surface area (TPSA) is 79.9 Å². The number of nitrogens with one attached hydrogen (secondary N) is 1. The summed E-state index contributed by atoms with van der Waals surface area (Å²) >= 11 is 3.32. The highest BCUT2D eigenvalue weighted by atomic mass is 79.9. The molecule has 138 valence electrons. The smallest absolute Gasteiger partial charge is 0.283 e. The maximum atomic E-state index is 12.0. The van der Waals surface area contributed by atoms with Crippen LogP contribution in [0, 0.1) is 11.3 Å². The van der Waals surface area contributed by atoms with Gasteiger partial charge in [-0.15, -0.1) is 0 Å². The highest BCUT2D eigenvalue weighted by molar-refractivity contribution is 9.10. The van der Waals surface area contributed by atoms with Gasteiger partial charge in [0.1, 0.15) is 10.2 Å². The van der Waals surface area contributed by atoms with E-state index in [9.17, 15) is 4.79 Å². The second-order valence-corrected chi connectivity index (χ2v) is 6.60. The van der Waals surface area contributed by atoms with Crippen LogP contribution >= 0.6 is 15.9 Å². The zero-order chi connectivity index (χ0) is 18.9. The van der Waals surface area contributed by atoms with Crippen molar-refractivity contribution in [2.24, 2.45) is 0 Å². The molecule has 0 spiro atoms. The number of aryl methyl sites for hydroxylation is 2. The number of benzene rings is 1. The average molecular weight is 419 g/mol. The molecule has 0 aliphatic carbocycles. The third-order valence-corrected chi connectivity index (χ3v) is 4.65. The molecule has 0 saturated carbocycles. The molecular formula is C19H23BrN4O2. The van der Waals surface area contributed by atoms with Crippen molar-refractivity contribution in [2.75, 3.05) is 18.5 Å². The summed E-state index contributed by atoms with van der Waals surface area (Å²) in [4.78, 5) is 12.0. The van der Waals surface area contributed by atoms with Gasteiger partial charge in [0.25, 0.3) is 5.56 Å². The van der Waals surface area contributed by atoms with Crippen molar-refractivity contribution in [1.29, 1.82) is 5.26 Å². The summed E-state index contributed by atoms with van der Waals surface area (Å²) in [5, 5.41) is 16.3. The quantitative estimate of drug-likeness (QED) is 0.627. The monoisotopic (exact) mass is 418 g/mol. The van der Waals surface area contributed by atoms with Crippen molar-refractivity contribution in [2.45, 2.75) is 39.7 Å². The number of aromatic nitrogens is 2. The van der Waals surface area contributed by atoms with Crippen LogP contribution in [0.15, 0.2) is 33.7 Å². The Kier molecular flexibility index (Phi) is 7.67. The average Bonchev–Trinajstić information content (AvgIpc) is 2.66. The Morgan fingerprint density at radius 1 is 1.38 bits per heavy atom. The van der Waals surface area contributed by atoms with Crippen LogP contribution in [0.5, 0.6) is 5.75 Å². The minimum atomic E-state index is -0.143. The maximum absolute atomic E-state index is 12.0. The molecule has 0 fully saturated rings. The first-order chi connectivity index (χ1) is 12.6. The van der Waals surface area contributed by atoms with Gasteiger partial charge in [-0.3, -0.25) is 4.79 Å². The van der Waals surface area contributed by atoms with Gasteiger partial charge in [0.15, 0.2) is 0 Å². The Hall–Kier alpha value is -2.33. The molecule has 0 aliphatic heterocycles. The van der Waals surface area contributed by atoms with E-state index in [4.69, 9.17) is 10.00 Å². The number of anilines is 1. The van der Waals surface area contributed by atoms with E-state index < -0.39 is 0 Å². The normalized spacial score (nSPS) is 10.4. The first-order valence-corrected chi connectivity index (χ1v) is 9.55. The Morgan fingerprint density at radius 3 is 2.88 bits per heavy atom. The Bertz CT molecular complexity index is 842. The summed E-state index contributed by atoms with van der Waals surface area (Å²) in [6.07, 6.45) is 4.30. The maximum Gasteiger partial charge on any atom is 0.283 e. The molecule has 0 bridgehead atoms. The molecule has 1 N–H and O–H groups in total. The summed E-state index contributed by atoms with van der Waals surface area (Å²) in [5.74, 6) is 0.833. The number of hydrogen-bond donors (Lipinski definition) is 1. The second kappa shape index (κ2) is 9.97. The zero-order valence-electron chi connectivity index (χ0n) is 15.1. The standard InChI is InChI=1S/C19H23BrN4O2/c1-3-6-15-11-14(12-21)7-8-17(15)26-10-5-9-22-16-13-23-24(4-2)19(25)18(16)20/h7-8,11,13,22H,3-6,9-10H2,1-2H3. The lowest BCUT2D eigenvalue weighted by atomic mass is 10.1. The van der Waals surface area contributed by atoms with Gasteiger partial charge in [0.2, 0.25) is 0 Å². The lowest BCUT2D eigenvalue weighted by molar-refractivity contribution is 0.311. The molecule has 1 heterocycles. The van der Waals surface area contributed by atoms with E-state index in [1.54, 1.807) is 12.3 Å². The lowest BCUT2D eigenvalue weighted by Crippen LogP contribution is -2.24. The van der Waals surface area contributed by atoms with Crippen molar-refractivity contribution in [3.05, 3.63) is 50.3 Å². The van der Waals surface area contributed by atoms with Gasteiger partial charge in [-0.2, -0.15) is 10.4 Å². The number of nitrogens with zero attached hydrogens (tertiary/aromatic N) is 3. The molecule has 0 saturated heterocycles. The summed E-state index contributed by atoms with van der Waals surface area (Å²) in [7, 11) is 0. The van der Waals surface area contributed by atoms with Crippen LogP contribution in [-0.2, 0) is 13.0 Å². The molecule has 1 aromatic carbocycles. The van der Waals surface area contributed by atoms with Gasteiger partial charge in [0.05, 0.1) is 30.1 Å². The van der Waals surface area contributed by atoms with E-state index in [-0.39, 0.29) is 5.56 Å². The molecule has 2 aromatic rings. The molecule has 0 atom stereocenters. The third-order valence-electron chi connectivity index (χ3n) is 3.89. The fourth-order valence-electron chi connectivity index (χ4n) is 2.55. The van der Waals surface area contributed by atoms with Crippen molar-refractivity contribution in [1.82, 2.24) is 9.78 Å². The number of hydrogen-bond acceptors (Lipinski definition) is 5. The molecule has 0 amide bonds. The summed E-state index contributed by atoms with van der Waals surface area (Å²) < 4.78 is 7.77. The Morgan fingerprint density at radius 2 is 2.19 bits per heavy atom. The van der Waals surface area contributed by atoms with E-state index in [2.05, 4.69) is 39.3 Å². The van der Waals surface area contributed by atoms with Crippen LogP contribution in [0.2, 0.25) is 0 Å². The number of halogens is 1. The predicted octanol–water partition coefficient (Wildman–Crippen LogP) is 3.73. The van der Waals surface area contributed by atoms with Crippen LogP contribution in [0.25, 0.3) is 0 Å². The fraction of sp³-hybridized carbons (Fsp3) is 0.421. The molecule has 0 radical (unpaired) electrons. The molecular weight excluding hydrogens is 396 g/mol. The lowest BCUT2D eigenvalue weighted by Gasteiger charge is -2.12. The SMILES string of the molecule is CCCc1cc(C#N)ccc1OCCCNc1cnn(CC)c(=O)c1Br. The summed E-state index contributed by atoms with van der Waals surface area (Å²) in [6, 6.07) is 7.69. The Balaban J connectivity index is 1.87. The minimum absolute atomic E-state index is 0.143. The van der Waals surface area contributed by atoms with Crippen LogP contribution < -0.4 is 15.6 Å². The third kappa shape index (κ3) is 5.09. The van der Waals surface area contributed by atoms with Gasteiger partial charge < -0.3 is 10.1 Å². The zero-order valence-corrected chi connectivity index (χ0v) is 16.7. The Labute approximate surface area is 161 Å². The molecule has 2 rings (SSSR count). The van der Waals surface area contributed by atoms with E-state index >= 15 is 0 Å². The highest BCUT2D eigenvalue weighted by Gasteiger charge is 2.08. The highest BCUT2D eigenvalue weighted by Crippen LogP contribution is 2.22. The number of nitriles is 1. The molecule has 7 heteroatoms. The van der Waals surface area contributed by atoms with E-state index in [1.807, 2.05) is 19.1 Å². The van der Waals surface area contributed by atoms with Gasteiger partial charge in [0, 0.05) is 13.1 Å². The van der Waals surface area contributed by atoms with Crippen molar-refractivity contribution in [3.63, 3.8) is 0 Å². The first kappa shape index (κ1) is 20.0. The molecule has 0 unspecified atom stereocenters. The van der Waals surface area contributed by atoms with Gasteiger partial charge in [-0.1, -0.05) is 13.3 Å². The van der Waals surface area contributed by atoms with Crippen molar-refractivity contribution in [3.8, 4) is 11.8 Å². The second-order valence-electron chi connectivity index (χ2n) is 5.81.